The van der Waals surface area contributed by atoms with Crippen molar-refractivity contribution in [3.63, 3.8) is 0 Å². The third kappa shape index (κ3) is 3.99. The molecule has 0 spiro atoms. The Balaban J connectivity index is 2.13. The van der Waals surface area contributed by atoms with Crippen LogP contribution in [0, 0.1) is 0 Å². The smallest absolute Gasteiger partial charge is 0.161 e. The summed E-state index contributed by atoms with van der Waals surface area (Å²) in [6.07, 6.45) is 1.79. The van der Waals surface area contributed by atoms with Crippen molar-refractivity contribution in [2.24, 2.45) is 4.99 Å². The number of aliphatic imine (C=N–C) groups is 1. The van der Waals surface area contributed by atoms with Gasteiger partial charge in [-0.15, -0.1) is 0 Å². The van der Waals surface area contributed by atoms with Gasteiger partial charge in [-0.05, 0) is 55.0 Å². The Hall–Kier alpha value is -2.49. The van der Waals surface area contributed by atoms with Crippen LogP contribution in [0.1, 0.15) is 12.5 Å². The van der Waals surface area contributed by atoms with Gasteiger partial charge in [0.05, 0.1) is 26.5 Å². The summed E-state index contributed by atoms with van der Waals surface area (Å²) in [5, 5.41) is 0. The molecule has 0 amide bonds. The Kier molecular flexibility index (Phi) is 5.21. The predicted octanol–water partition coefficient (Wildman–Crippen LogP) is 3.85. The molecule has 0 N–H and O–H groups in total. The summed E-state index contributed by atoms with van der Waals surface area (Å²) in [4.78, 5) is 4.43. The number of nitrogens with zero attached hydrogens (tertiary/aromatic N) is 1. The summed E-state index contributed by atoms with van der Waals surface area (Å²) in [6.45, 7) is 2.62. The average Bonchev–Trinajstić information content (AvgIpc) is 2.54. The predicted molar refractivity (Wildman–Crippen MR) is 84.4 cm³/mol. The van der Waals surface area contributed by atoms with Crippen molar-refractivity contribution < 1.29 is 14.2 Å². The summed E-state index contributed by atoms with van der Waals surface area (Å²) in [7, 11) is 3.23. The van der Waals surface area contributed by atoms with Crippen LogP contribution in [0.5, 0.6) is 17.2 Å². The molecule has 0 radical (unpaired) electrons. The van der Waals surface area contributed by atoms with Crippen LogP contribution in [0.3, 0.4) is 0 Å². The van der Waals surface area contributed by atoms with Gasteiger partial charge in [-0.25, -0.2) is 0 Å². The van der Waals surface area contributed by atoms with Crippen LogP contribution in [-0.4, -0.2) is 27.0 Å². The minimum Gasteiger partial charge on any atom is -0.494 e. The maximum Gasteiger partial charge on any atom is 0.161 e. The molecule has 2 aromatic carbocycles. The molecule has 0 aliphatic heterocycles. The minimum absolute atomic E-state index is 0.661. The van der Waals surface area contributed by atoms with Crippen LogP contribution in [0.25, 0.3) is 0 Å². The first-order valence-corrected chi connectivity index (χ1v) is 6.75. The summed E-state index contributed by atoms with van der Waals surface area (Å²) in [5.41, 5.74) is 1.81. The molecule has 0 saturated carbocycles. The van der Waals surface area contributed by atoms with Crippen LogP contribution in [0.4, 0.5) is 5.69 Å². The molecule has 0 bridgehead atoms. The summed E-state index contributed by atoms with van der Waals surface area (Å²) >= 11 is 0. The Morgan fingerprint density at radius 1 is 0.952 bits per heavy atom. The number of rotatable bonds is 6. The van der Waals surface area contributed by atoms with Gasteiger partial charge in [-0.3, -0.25) is 4.99 Å². The van der Waals surface area contributed by atoms with Crippen LogP contribution in [-0.2, 0) is 0 Å². The van der Waals surface area contributed by atoms with Crippen molar-refractivity contribution in [2.75, 3.05) is 20.8 Å². The Morgan fingerprint density at radius 2 is 1.67 bits per heavy atom. The fourth-order valence-corrected chi connectivity index (χ4v) is 1.88. The van der Waals surface area contributed by atoms with Crippen LogP contribution in [0.15, 0.2) is 47.5 Å². The number of methoxy groups -OCH3 is 2. The van der Waals surface area contributed by atoms with Crippen molar-refractivity contribution in [2.45, 2.75) is 6.92 Å². The van der Waals surface area contributed by atoms with Crippen molar-refractivity contribution in [1.82, 2.24) is 0 Å². The van der Waals surface area contributed by atoms with E-state index in [1.54, 1.807) is 20.4 Å². The first kappa shape index (κ1) is 14.9. The molecule has 4 heteroatoms. The Morgan fingerprint density at radius 3 is 2.29 bits per heavy atom. The van der Waals surface area contributed by atoms with E-state index in [1.165, 1.54) is 0 Å². The molecule has 0 unspecified atom stereocenters. The molecule has 0 aliphatic rings. The zero-order chi connectivity index (χ0) is 15.1. The standard InChI is InChI=1S/C17H19NO3/c1-4-21-15-8-6-14(7-9-15)18-12-13-5-10-16(19-2)17(11-13)20-3/h5-12H,4H2,1-3H3. The monoisotopic (exact) mass is 285 g/mol. The molecule has 0 aliphatic carbocycles. The molecule has 4 nitrogen and oxygen atoms in total. The largest absolute Gasteiger partial charge is 0.494 e. The molecule has 110 valence electrons. The van der Waals surface area contributed by atoms with Crippen molar-refractivity contribution in [1.29, 1.82) is 0 Å². The van der Waals surface area contributed by atoms with E-state index < -0.39 is 0 Å². The molecular formula is C17H19NO3. The lowest BCUT2D eigenvalue weighted by Gasteiger charge is -2.07. The molecule has 21 heavy (non-hydrogen) atoms. The number of hydrogen-bond acceptors (Lipinski definition) is 4. The number of hydrogen-bond donors (Lipinski definition) is 0. The van der Waals surface area contributed by atoms with Gasteiger partial charge >= 0.3 is 0 Å². The van der Waals surface area contributed by atoms with Gasteiger partial charge in [0.1, 0.15) is 5.75 Å². The van der Waals surface area contributed by atoms with Crippen LogP contribution < -0.4 is 14.2 Å². The second-order valence-electron chi connectivity index (χ2n) is 4.30. The lowest BCUT2D eigenvalue weighted by atomic mass is 10.2. The fourth-order valence-electron chi connectivity index (χ4n) is 1.88. The molecule has 0 heterocycles. The Labute approximate surface area is 125 Å². The van der Waals surface area contributed by atoms with Gasteiger partial charge in [0.15, 0.2) is 11.5 Å². The zero-order valence-corrected chi connectivity index (χ0v) is 12.5. The SMILES string of the molecule is CCOc1ccc(N=Cc2ccc(OC)c(OC)c2)cc1. The van der Waals surface area contributed by atoms with Gasteiger partial charge in [-0.1, -0.05) is 0 Å². The summed E-state index contributed by atoms with van der Waals surface area (Å²) in [6, 6.07) is 13.3. The highest BCUT2D eigenvalue weighted by Crippen LogP contribution is 2.27. The Bertz CT molecular complexity index is 606. The second-order valence-corrected chi connectivity index (χ2v) is 4.30. The first-order chi connectivity index (χ1) is 10.3. The fraction of sp³-hybridized carbons (Fsp3) is 0.235. The molecule has 0 atom stereocenters. The third-order valence-electron chi connectivity index (χ3n) is 2.92. The highest BCUT2D eigenvalue weighted by atomic mass is 16.5. The lowest BCUT2D eigenvalue weighted by molar-refractivity contribution is 0.340. The van der Waals surface area contributed by atoms with Gasteiger partial charge in [0, 0.05) is 6.21 Å². The van der Waals surface area contributed by atoms with Crippen molar-refractivity contribution >= 4 is 11.9 Å². The van der Waals surface area contributed by atoms with Crippen LogP contribution >= 0.6 is 0 Å². The second kappa shape index (κ2) is 7.33. The van der Waals surface area contributed by atoms with Gasteiger partial charge in [0.25, 0.3) is 0 Å². The van der Waals surface area contributed by atoms with Gasteiger partial charge in [0.2, 0.25) is 0 Å². The molecule has 2 rings (SSSR count). The van der Waals surface area contributed by atoms with E-state index in [4.69, 9.17) is 14.2 Å². The normalized spacial score (nSPS) is 10.6. The highest BCUT2D eigenvalue weighted by Gasteiger charge is 2.02. The molecular weight excluding hydrogens is 266 g/mol. The van der Waals surface area contributed by atoms with Gasteiger partial charge < -0.3 is 14.2 Å². The number of ether oxygens (including phenoxy) is 3. The maximum absolute atomic E-state index is 5.40. The molecule has 0 saturated heterocycles. The zero-order valence-electron chi connectivity index (χ0n) is 12.5. The quantitative estimate of drug-likeness (QED) is 0.757. The molecule has 0 aromatic heterocycles. The average molecular weight is 285 g/mol. The van der Waals surface area contributed by atoms with E-state index in [9.17, 15) is 0 Å². The molecule has 2 aromatic rings. The van der Waals surface area contributed by atoms with E-state index in [0.29, 0.717) is 18.1 Å². The number of benzene rings is 2. The highest BCUT2D eigenvalue weighted by molar-refractivity contribution is 5.83. The van der Waals surface area contributed by atoms with E-state index >= 15 is 0 Å². The van der Waals surface area contributed by atoms with Crippen molar-refractivity contribution in [3.8, 4) is 17.2 Å². The lowest BCUT2D eigenvalue weighted by Crippen LogP contribution is -1.92. The third-order valence-corrected chi connectivity index (χ3v) is 2.92. The summed E-state index contributed by atoms with van der Waals surface area (Å²) < 4.78 is 15.9. The van der Waals surface area contributed by atoms with Gasteiger partial charge in [-0.2, -0.15) is 0 Å². The summed E-state index contributed by atoms with van der Waals surface area (Å²) in [5.74, 6) is 2.24. The minimum atomic E-state index is 0.661. The van der Waals surface area contributed by atoms with E-state index in [1.807, 2.05) is 49.4 Å². The van der Waals surface area contributed by atoms with E-state index in [-0.39, 0.29) is 0 Å². The molecule has 0 fully saturated rings. The van der Waals surface area contributed by atoms with E-state index in [2.05, 4.69) is 4.99 Å². The topological polar surface area (TPSA) is 40.0 Å². The maximum atomic E-state index is 5.40. The van der Waals surface area contributed by atoms with Crippen LogP contribution in [0.2, 0.25) is 0 Å². The van der Waals surface area contributed by atoms with E-state index in [0.717, 1.165) is 17.0 Å². The van der Waals surface area contributed by atoms with Crippen molar-refractivity contribution in [3.05, 3.63) is 48.0 Å². The first-order valence-electron chi connectivity index (χ1n) is 6.75.